The minimum absolute atomic E-state index is 0.195. The molecule has 10 heteroatoms. The number of hydrazine groups is 1. The first kappa shape index (κ1) is 34.2. The second-order valence-electron chi connectivity index (χ2n) is 12.6. The number of hydrogen-bond acceptors (Lipinski definition) is 7. The van der Waals surface area contributed by atoms with Gasteiger partial charge in [-0.05, 0) is 40.5 Å². The zero-order chi connectivity index (χ0) is 33.5. The Hall–Kier alpha value is -4.69. The van der Waals surface area contributed by atoms with Gasteiger partial charge in [0.15, 0.2) is 5.60 Å². The molecule has 0 fully saturated rings. The number of hydrogen-bond donors (Lipinski definition) is 4. The number of alkyl carbamates (subject to hydrolysis) is 1. The number of nitrogens with zero attached hydrogens (tertiary/aromatic N) is 2. The second-order valence-corrected chi connectivity index (χ2v) is 12.6. The SMILES string of the molecule is C#CC(c1ccccc1)N(C[C@@](O)(Cc1ccccc1)C(=O)N(O)C1CCc2ccccc21)NC(=O)[C@@H](NC(=O)OC)C(C)(C)C. The van der Waals surface area contributed by atoms with Crippen molar-refractivity contribution in [2.45, 2.75) is 63.8 Å². The van der Waals surface area contributed by atoms with Gasteiger partial charge in [-0.1, -0.05) is 112 Å². The lowest BCUT2D eigenvalue weighted by Crippen LogP contribution is -2.62. The predicted octanol–water partition coefficient (Wildman–Crippen LogP) is 4.34. The van der Waals surface area contributed by atoms with E-state index in [4.69, 9.17) is 11.2 Å². The monoisotopic (exact) mass is 626 g/mol. The number of aliphatic hydroxyl groups is 1. The summed E-state index contributed by atoms with van der Waals surface area (Å²) in [6.45, 7) is 4.81. The molecule has 3 aromatic rings. The molecule has 0 aliphatic heterocycles. The van der Waals surface area contributed by atoms with Crippen LogP contribution < -0.4 is 10.7 Å². The van der Waals surface area contributed by atoms with Gasteiger partial charge in [0, 0.05) is 6.42 Å². The molecule has 4 N–H and O–H groups in total. The van der Waals surface area contributed by atoms with E-state index in [1.54, 1.807) is 69.3 Å². The number of carbonyl (C=O) groups excluding carboxylic acids is 3. The first-order valence-electron chi connectivity index (χ1n) is 15.2. The van der Waals surface area contributed by atoms with Crippen molar-refractivity contribution in [2.75, 3.05) is 13.7 Å². The van der Waals surface area contributed by atoms with Crippen LogP contribution in [0.2, 0.25) is 0 Å². The van der Waals surface area contributed by atoms with Crippen molar-refractivity contribution >= 4 is 17.9 Å². The minimum Gasteiger partial charge on any atom is -0.453 e. The van der Waals surface area contributed by atoms with Crippen LogP contribution in [0.3, 0.4) is 0 Å². The number of fused-ring (bicyclic) bond motifs is 1. The Morgan fingerprint density at radius 1 is 1.00 bits per heavy atom. The molecule has 4 rings (SSSR count). The van der Waals surface area contributed by atoms with E-state index in [9.17, 15) is 24.7 Å². The quantitative estimate of drug-likeness (QED) is 0.141. The van der Waals surface area contributed by atoms with E-state index in [2.05, 4.69) is 16.7 Å². The fourth-order valence-corrected chi connectivity index (χ4v) is 5.81. The summed E-state index contributed by atoms with van der Waals surface area (Å²) >= 11 is 0. The molecule has 0 saturated carbocycles. The van der Waals surface area contributed by atoms with E-state index in [0.29, 0.717) is 29.0 Å². The summed E-state index contributed by atoms with van der Waals surface area (Å²) in [7, 11) is 1.20. The Balaban J connectivity index is 1.76. The normalized spacial score (nSPS) is 16.7. The lowest BCUT2D eigenvalue weighted by Gasteiger charge is -2.40. The number of ether oxygens (including phenoxy) is 1. The molecule has 2 unspecified atom stereocenters. The zero-order valence-corrected chi connectivity index (χ0v) is 26.6. The number of aryl methyl sites for hydroxylation is 1. The van der Waals surface area contributed by atoms with Crippen molar-refractivity contribution in [2.24, 2.45) is 5.41 Å². The van der Waals surface area contributed by atoms with Gasteiger partial charge in [0.1, 0.15) is 12.1 Å². The molecule has 4 atom stereocenters. The van der Waals surface area contributed by atoms with Gasteiger partial charge in [0.05, 0.1) is 19.7 Å². The molecule has 0 bridgehead atoms. The predicted molar refractivity (Wildman–Crippen MR) is 173 cm³/mol. The first-order chi connectivity index (χ1) is 21.9. The van der Waals surface area contributed by atoms with Crippen molar-refractivity contribution in [1.29, 1.82) is 0 Å². The minimum atomic E-state index is -2.27. The van der Waals surface area contributed by atoms with E-state index >= 15 is 0 Å². The molecule has 0 heterocycles. The third-order valence-corrected chi connectivity index (χ3v) is 8.19. The number of hydroxylamine groups is 2. The molecule has 10 nitrogen and oxygen atoms in total. The van der Waals surface area contributed by atoms with Crippen LogP contribution in [0, 0.1) is 17.8 Å². The molecule has 242 valence electrons. The highest BCUT2D eigenvalue weighted by atomic mass is 16.5. The van der Waals surface area contributed by atoms with E-state index < -0.39 is 53.6 Å². The van der Waals surface area contributed by atoms with E-state index in [1.807, 2.05) is 36.4 Å². The van der Waals surface area contributed by atoms with Crippen LogP contribution in [-0.4, -0.2) is 63.6 Å². The lowest BCUT2D eigenvalue weighted by molar-refractivity contribution is -0.199. The molecule has 1 aliphatic rings. The summed E-state index contributed by atoms with van der Waals surface area (Å²) in [6.07, 6.45) is 6.19. The Bertz CT molecular complexity index is 1550. The van der Waals surface area contributed by atoms with Gasteiger partial charge in [0.2, 0.25) is 0 Å². The Kier molecular flexibility index (Phi) is 10.9. The third-order valence-electron chi connectivity index (χ3n) is 8.19. The molecular weight excluding hydrogens is 584 g/mol. The number of amides is 3. The number of carbonyl (C=O) groups is 3. The summed E-state index contributed by atoms with van der Waals surface area (Å²) in [6, 6.07) is 22.7. The number of terminal acetylenes is 1. The Morgan fingerprint density at radius 2 is 1.61 bits per heavy atom. The van der Waals surface area contributed by atoms with Crippen LogP contribution in [0.5, 0.6) is 0 Å². The fraction of sp³-hybridized carbons (Fsp3) is 0.361. The third kappa shape index (κ3) is 7.93. The maximum atomic E-state index is 14.3. The second kappa shape index (κ2) is 14.6. The molecule has 0 aromatic heterocycles. The van der Waals surface area contributed by atoms with Gasteiger partial charge in [-0.25, -0.2) is 9.86 Å². The summed E-state index contributed by atoms with van der Waals surface area (Å²) in [5.41, 5.74) is 2.82. The zero-order valence-electron chi connectivity index (χ0n) is 26.6. The summed E-state index contributed by atoms with van der Waals surface area (Å²) in [5.74, 6) is 1.09. The fourth-order valence-electron chi connectivity index (χ4n) is 5.81. The van der Waals surface area contributed by atoms with Crippen LogP contribution in [0.15, 0.2) is 84.9 Å². The topological polar surface area (TPSA) is 131 Å². The van der Waals surface area contributed by atoms with Gasteiger partial charge in [-0.15, -0.1) is 6.42 Å². The van der Waals surface area contributed by atoms with Gasteiger partial charge in [0.25, 0.3) is 11.8 Å². The summed E-state index contributed by atoms with van der Waals surface area (Å²) < 4.78 is 4.75. The van der Waals surface area contributed by atoms with Crippen molar-refractivity contribution in [3.05, 3.63) is 107 Å². The standard InChI is InChI=1S/C36H42N4O6/c1-6-29(27-18-11-8-12-19-27)39(38-32(41)31(35(2,3)4)37-34(43)46-5)24-36(44,23-25-15-9-7-10-16-25)33(42)40(45)30-22-21-26-17-13-14-20-28(26)30/h1,7-20,29-31,44-45H,21-24H2,2-5H3,(H,37,43)(H,38,41)/t29?,30?,31-,36+/m1/s1. The van der Waals surface area contributed by atoms with Crippen molar-refractivity contribution in [3.8, 4) is 12.3 Å². The van der Waals surface area contributed by atoms with Crippen molar-refractivity contribution in [1.82, 2.24) is 20.8 Å². The van der Waals surface area contributed by atoms with Crippen molar-refractivity contribution < 1.29 is 29.4 Å². The van der Waals surface area contributed by atoms with E-state index in [-0.39, 0.29) is 6.42 Å². The largest absolute Gasteiger partial charge is 0.453 e. The highest BCUT2D eigenvalue weighted by Crippen LogP contribution is 2.36. The van der Waals surface area contributed by atoms with Crippen LogP contribution in [0.1, 0.15) is 61.5 Å². The molecule has 0 radical (unpaired) electrons. The molecule has 1 aliphatic carbocycles. The summed E-state index contributed by atoms with van der Waals surface area (Å²) in [5, 5.41) is 28.3. The van der Waals surface area contributed by atoms with Crippen LogP contribution in [-0.2, 0) is 27.2 Å². The number of benzene rings is 3. The first-order valence-corrected chi connectivity index (χ1v) is 15.2. The molecule has 3 aromatic carbocycles. The highest BCUT2D eigenvalue weighted by Gasteiger charge is 2.46. The van der Waals surface area contributed by atoms with Gasteiger partial charge in [-0.2, -0.15) is 5.01 Å². The lowest BCUT2D eigenvalue weighted by atomic mass is 9.86. The van der Waals surface area contributed by atoms with Crippen LogP contribution >= 0.6 is 0 Å². The number of nitrogens with one attached hydrogen (secondary N) is 2. The maximum Gasteiger partial charge on any atom is 0.407 e. The highest BCUT2D eigenvalue weighted by molar-refractivity contribution is 5.87. The molecule has 0 saturated heterocycles. The van der Waals surface area contributed by atoms with Gasteiger partial charge < -0.3 is 15.2 Å². The number of methoxy groups -OCH3 is 1. The van der Waals surface area contributed by atoms with Gasteiger partial charge in [-0.3, -0.25) is 20.2 Å². The molecule has 3 amide bonds. The van der Waals surface area contributed by atoms with E-state index in [1.165, 1.54) is 12.1 Å². The molecular formula is C36H42N4O6. The van der Waals surface area contributed by atoms with Crippen molar-refractivity contribution in [3.63, 3.8) is 0 Å². The average Bonchev–Trinajstić information content (AvgIpc) is 3.47. The van der Waals surface area contributed by atoms with E-state index in [0.717, 1.165) is 11.1 Å². The van der Waals surface area contributed by atoms with Gasteiger partial charge >= 0.3 is 6.09 Å². The Labute approximate surface area is 270 Å². The Morgan fingerprint density at radius 3 is 2.22 bits per heavy atom. The molecule has 46 heavy (non-hydrogen) atoms. The molecule has 0 spiro atoms. The summed E-state index contributed by atoms with van der Waals surface area (Å²) in [4.78, 5) is 40.4. The number of rotatable bonds is 11. The van der Waals surface area contributed by atoms with Crippen LogP contribution in [0.25, 0.3) is 0 Å². The maximum absolute atomic E-state index is 14.3. The van der Waals surface area contributed by atoms with Crippen LogP contribution in [0.4, 0.5) is 4.79 Å². The smallest absolute Gasteiger partial charge is 0.407 e. The average molecular weight is 627 g/mol.